The van der Waals surface area contributed by atoms with E-state index in [1.165, 1.54) is 19.5 Å². The molecule has 0 aromatic carbocycles. The van der Waals surface area contributed by atoms with E-state index in [1.54, 1.807) is 0 Å². The fraction of sp³-hybridized carbons (Fsp3) is 1.00. The molecule has 1 nitrogen and oxygen atoms in total. The van der Waals surface area contributed by atoms with Crippen LogP contribution in [0.2, 0.25) is 0 Å². The first kappa shape index (κ1) is 12.0. The van der Waals surface area contributed by atoms with Crippen LogP contribution in [0, 0.1) is 5.41 Å². The van der Waals surface area contributed by atoms with E-state index in [-0.39, 0.29) is 0 Å². The summed E-state index contributed by atoms with van der Waals surface area (Å²) in [5.74, 6) is 0. The minimum absolute atomic E-state index is 0.408. The predicted molar refractivity (Wildman–Crippen MR) is 56.5 cm³/mol. The summed E-state index contributed by atoms with van der Waals surface area (Å²) in [5.41, 5.74) is 0.408. The van der Waals surface area contributed by atoms with Gasteiger partial charge in [-0.25, -0.2) is 0 Å². The molecule has 0 heterocycles. The Labute approximate surface area is 78.1 Å². The lowest BCUT2D eigenvalue weighted by Crippen LogP contribution is -2.42. The summed E-state index contributed by atoms with van der Waals surface area (Å²) in [7, 11) is 0. The molecule has 0 N–H and O–H groups in total. The van der Waals surface area contributed by atoms with Gasteiger partial charge in [0.1, 0.15) is 0 Å². The summed E-state index contributed by atoms with van der Waals surface area (Å²) in [4.78, 5) is 2.56. The van der Waals surface area contributed by atoms with E-state index < -0.39 is 0 Å². The first-order valence-electron chi connectivity index (χ1n) is 5.17. The van der Waals surface area contributed by atoms with Crippen molar-refractivity contribution in [2.24, 2.45) is 5.41 Å². The zero-order chi connectivity index (χ0) is 9.78. The largest absolute Gasteiger partial charge is 0.300 e. The maximum Gasteiger partial charge on any atom is 0.0115 e. The average molecular weight is 171 g/mol. The van der Waals surface area contributed by atoms with Gasteiger partial charge in [0.15, 0.2) is 0 Å². The zero-order valence-electron chi connectivity index (χ0n) is 9.65. The fourth-order valence-corrected chi connectivity index (χ4v) is 1.46. The second-order valence-corrected chi connectivity index (χ2v) is 4.67. The third kappa shape index (κ3) is 3.57. The summed E-state index contributed by atoms with van der Waals surface area (Å²) < 4.78 is 0. The summed E-state index contributed by atoms with van der Waals surface area (Å²) in [6.07, 6.45) is 1.26. The van der Waals surface area contributed by atoms with Crippen molar-refractivity contribution in [1.82, 2.24) is 4.90 Å². The second-order valence-electron chi connectivity index (χ2n) is 4.67. The molecule has 0 unspecified atom stereocenters. The summed E-state index contributed by atoms with van der Waals surface area (Å²) in [5, 5.41) is 0. The maximum absolute atomic E-state index is 2.56. The molecule has 0 aliphatic rings. The molecular weight excluding hydrogens is 146 g/mol. The smallest absolute Gasteiger partial charge is 0.0115 e. The molecule has 0 fully saturated rings. The van der Waals surface area contributed by atoms with Crippen molar-refractivity contribution in [3.8, 4) is 0 Å². The SMILES string of the molecule is CCCN(CC)[C@@H](C)C(C)(C)C. The Kier molecular flexibility index (Phi) is 4.84. The molecule has 0 rings (SSSR count). The Morgan fingerprint density at radius 2 is 1.67 bits per heavy atom. The van der Waals surface area contributed by atoms with E-state index >= 15 is 0 Å². The van der Waals surface area contributed by atoms with Crippen LogP contribution in [0.3, 0.4) is 0 Å². The fourth-order valence-electron chi connectivity index (χ4n) is 1.46. The van der Waals surface area contributed by atoms with Gasteiger partial charge in [-0.3, -0.25) is 0 Å². The van der Waals surface area contributed by atoms with Crippen LogP contribution in [0.15, 0.2) is 0 Å². The van der Waals surface area contributed by atoms with E-state index in [0.717, 1.165) is 0 Å². The van der Waals surface area contributed by atoms with Gasteiger partial charge in [0.05, 0.1) is 0 Å². The lowest BCUT2D eigenvalue weighted by atomic mass is 9.87. The van der Waals surface area contributed by atoms with Crippen LogP contribution in [0.5, 0.6) is 0 Å². The van der Waals surface area contributed by atoms with Crippen LogP contribution >= 0.6 is 0 Å². The van der Waals surface area contributed by atoms with E-state index in [4.69, 9.17) is 0 Å². The van der Waals surface area contributed by atoms with Crippen molar-refractivity contribution in [1.29, 1.82) is 0 Å². The van der Waals surface area contributed by atoms with Crippen LogP contribution < -0.4 is 0 Å². The molecule has 1 atom stereocenters. The van der Waals surface area contributed by atoms with E-state index in [2.05, 4.69) is 46.4 Å². The molecule has 0 aliphatic heterocycles. The summed E-state index contributed by atoms with van der Waals surface area (Å²) in [6, 6.07) is 0.683. The highest BCUT2D eigenvalue weighted by Crippen LogP contribution is 2.23. The highest BCUT2D eigenvalue weighted by Gasteiger charge is 2.24. The van der Waals surface area contributed by atoms with E-state index in [0.29, 0.717) is 11.5 Å². The third-order valence-corrected chi connectivity index (χ3v) is 2.72. The van der Waals surface area contributed by atoms with Gasteiger partial charge >= 0.3 is 0 Å². The molecule has 12 heavy (non-hydrogen) atoms. The number of hydrogen-bond donors (Lipinski definition) is 0. The summed E-state index contributed by atoms with van der Waals surface area (Å²) in [6.45, 7) is 16.2. The molecule has 0 amide bonds. The minimum Gasteiger partial charge on any atom is -0.300 e. The van der Waals surface area contributed by atoms with Crippen LogP contribution in [-0.4, -0.2) is 24.0 Å². The van der Waals surface area contributed by atoms with Crippen molar-refractivity contribution < 1.29 is 0 Å². The van der Waals surface area contributed by atoms with Gasteiger partial charge < -0.3 is 4.90 Å². The monoisotopic (exact) mass is 171 g/mol. The zero-order valence-corrected chi connectivity index (χ0v) is 9.65. The van der Waals surface area contributed by atoms with Crippen molar-refractivity contribution in [2.75, 3.05) is 13.1 Å². The van der Waals surface area contributed by atoms with Crippen LogP contribution in [0.1, 0.15) is 48.0 Å². The normalized spacial score (nSPS) is 15.2. The van der Waals surface area contributed by atoms with E-state index in [9.17, 15) is 0 Å². The Hall–Kier alpha value is -0.0400. The predicted octanol–water partition coefficient (Wildman–Crippen LogP) is 3.15. The molecule has 0 saturated carbocycles. The quantitative estimate of drug-likeness (QED) is 0.628. The van der Waals surface area contributed by atoms with Crippen LogP contribution in [0.4, 0.5) is 0 Å². The van der Waals surface area contributed by atoms with Gasteiger partial charge in [-0.2, -0.15) is 0 Å². The minimum atomic E-state index is 0.408. The molecule has 74 valence electrons. The topological polar surface area (TPSA) is 3.24 Å². The van der Waals surface area contributed by atoms with Crippen LogP contribution in [0.25, 0.3) is 0 Å². The average Bonchev–Trinajstić information content (AvgIpc) is 1.97. The Morgan fingerprint density at radius 3 is 1.92 bits per heavy atom. The molecule has 0 radical (unpaired) electrons. The lowest BCUT2D eigenvalue weighted by Gasteiger charge is -2.37. The molecule has 0 bridgehead atoms. The van der Waals surface area contributed by atoms with Crippen molar-refractivity contribution >= 4 is 0 Å². The highest BCUT2D eigenvalue weighted by atomic mass is 15.1. The highest BCUT2D eigenvalue weighted by molar-refractivity contribution is 4.78. The standard InChI is InChI=1S/C11H25N/c1-7-9-12(8-2)10(3)11(4,5)6/h10H,7-9H2,1-6H3/t10-/m0/s1. The van der Waals surface area contributed by atoms with Gasteiger partial charge in [0.2, 0.25) is 0 Å². The lowest BCUT2D eigenvalue weighted by molar-refractivity contribution is 0.119. The second kappa shape index (κ2) is 4.86. The van der Waals surface area contributed by atoms with Crippen molar-refractivity contribution in [2.45, 2.75) is 54.0 Å². The number of nitrogens with zero attached hydrogens (tertiary/aromatic N) is 1. The molecule has 0 aromatic heterocycles. The first-order chi connectivity index (χ1) is 5.43. The molecule has 0 aromatic rings. The summed E-state index contributed by atoms with van der Waals surface area (Å²) >= 11 is 0. The van der Waals surface area contributed by atoms with Gasteiger partial charge in [-0.15, -0.1) is 0 Å². The van der Waals surface area contributed by atoms with Gasteiger partial charge in [0, 0.05) is 6.04 Å². The Balaban J connectivity index is 4.11. The molecule has 0 spiro atoms. The van der Waals surface area contributed by atoms with Crippen LogP contribution in [-0.2, 0) is 0 Å². The van der Waals surface area contributed by atoms with Crippen molar-refractivity contribution in [3.05, 3.63) is 0 Å². The third-order valence-electron chi connectivity index (χ3n) is 2.72. The number of hydrogen-bond acceptors (Lipinski definition) is 1. The Morgan fingerprint density at radius 1 is 1.17 bits per heavy atom. The molecular formula is C11H25N. The number of rotatable bonds is 4. The van der Waals surface area contributed by atoms with E-state index in [1.807, 2.05) is 0 Å². The Bertz CT molecular complexity index is 113. The molecule has 0 aliphatic carbocycles. The van der Waals surface area contributed by atoms with Crippen molar-refractivity contribution in [3.63, 3.8) is 0 Å². The van der Waals surface area contributed by atoms with Gasteiger partial charge in [-0.05, 0) is 31.8 Å². The molecule has 1 heteroatoms. The first-order valence-corrected chi connectivity index (χ1v) is 5.17. The molecule has 0 saturated heterocycles. The van der Waals surface area contributed by atoms with Gasteiger partial charge in [0.25, 0.3) is 0 Å². The van der Waals surface area contributed by atoms with Gasteiger partial charge in [-0.1, -0.05) is 34.6 Å². The maximum atomic E-state index is 2.56.